The molecular weight excluding hydrogens is 394 g/mol. The smallest absolute Gasteiger partial charge is 0.293 e. The van der Waals surface area contributed by atoms with Gasteiger partial charge in [0, 0.05) is 24.5 Å². The number of hydrogen-bond acceptors (Lipinski definition) is 5. The molecule has 0 spiro atoms. The van der Waals surface area contributed by atoms with E-state index in [4.69, 9.17) is 4.74 Å². The minimum absolute atomic E-state index is 0.0596. The molecule has 0 radical (unpaired) electrons. The van der Waals surface area contributed by atoms with Crippen molar-refractivity contribution in [2.75, 3.05) is 13.2 Å². The summed E-state index contributed by atoms with van der Waals surface area (Å²) in [5.74, 6) is 0.0881. The number of amides is 1. The first-order chi connectivity index (χ1) is 15.0. The monoisotopic (exact) mass is 421 g/mol. The van der Waals surface area contributed by atoms with Crippen LogP contribution in [-0.4, -0.2) is 44.7 Å². The van der Waals surface area contributed by atoms with Crippen molar-refractivity contribution in [1.82, 2.24) is 24.9 Å². The van der Waals surface area contributed by atoms with Gasteiger partial charge >= 0.3 is 0 Å². The van der Waals surface area contributed by atoms with Gasteiger partial charge in [-0.05, 0) is 62.8 Å². The molecule has 1 saturated heterocycles. The van der Waals surface area contributed by atoms with Crippen molar-refractivity contribution < 1.29 is 9.53 Å². The Morgan fingerprint density at radius 3 is 2.77 bits per heavy atom. The average molecular weight is 422 g/mol. The molecular formula is C23H27N5O3. The second-order valence-corrected chi connectivity index (χ2v) is 8.65. The van der Waals surface area contributed by atoms with Crippen LogP contribution >= 0.6 is 0 Å². The molecule has 1 atom stereocenters. The van der Waals surface area contributed by atoms with E-state index in [2.05, 4.69) is 22.4 Å². The molecule has 1 saturated carbocycles. The minimum atomic E-state index is -0.303. The number of ether oxygens (including phenoxy) is 1. The molecule has 3 heterocycles. The van der Waals surface area contributed by atoms with E-state index in [0.29, 0.717) is 18.0 Å². The lowest BCUT2D eigenvalue weighted by molar-refractivity contribution is -0.122. The zero-order valence-electron chi connectivity index (χ0n) is 17.9. The molecule has 1 aliphatic carbocycles. The van der Waals surface area contributed by atoms with Crippen molar-refractivity contribution in [1.29, 1.82) is 0 Å². The molecule has 2 fully saturated rings. The van der Waals surface area contributed by atoms with Crippen LogP contribution < -0.4 is 10.9 Å². The van der Waals surface area contributed by atoms with E-state index in [1.807, 2.05) is 25.1 Å². The van der Waals surface area contributed by atoms with Gasteiger partial charge < -0.3 is 10.1 Å². The van der Waals surface area contributed by atoms with Crippen LogP contribution in [0, 0.1) is 13.8 Å². The highest BCUT2D eigenvalue weighted by Gasteiger charge is 2.30. The Morgan fingerprint density at radius 1 is 1.23 bits per heavy atom. The molecule has 2 aliphatic rings. The highest BCUT2D eigenvalue weighted by Crippen LogP contribution is 2.41. The second-order valence-electron chi connectivity index (χ2n) is 8.65. The van der Waals surface area contributed by atoms with E-state index in [9.17, 15) is 9.59 Å². The van der Waals surface area contributed by atoms with Gasteiger partial charge in [-0.2, -0.15) is 10.2 Å². The van der Waals surface area contributed by atoms with E-state index < -0.39 is 0 Å². The van der Waals surface area contributed by atoms with Crippen LogP contribution in [0.25, 0.3) is 16.6 Å². The van der Waals surface area contributed by atoms with Crippen molar-refractivity contribution in [2.24, 2.45) is 0 Å². The number of benzene rings is 1. The van der Waals surface area contributed by atoms with Crippen molar-refractivity contribution in [3.63, 3.8) is 0 Å². The molecule has 8 nitrogen and oxygen atoms in total. The Labute approximate surface area is 180 Å². The SMILES string of the molecule is Cc1ccc(-n2ncc3c(C4CC4)nn(CC(=O)NCC4CCCO4)c(=O)c32)cc1C. The summed E-state index contributed by atoms with van der Waals surface area (Å²) >= 11 is 0. The number of nitrogens with zero attached hydrogens (tertiary/aromatic N) is 4. The van der Waals surface area contributed by atoms with E-state index in [0.717, 1.165) is 54.6 Å². The summed E-state index contributed by atoms with van der Waals surface area (Å²) < 4.78 is 8.53. The highest BCUT2D eigenvalue weighted by molar-refractivity contribution is 5.83. The van der Waals surface area contributed by atoms with Gasteiger partial charge in [-0.1, -0.05) is 6.07 Å². The summed E-state index contributed by atoms with van der Waals surface area (Å²) in [6.07, 6.45) is 5.84. The number of carbonyl (C=O) groups is 1. The quantitative estimate of drug-likeness (QED) is 0.660. The van der Waals surface area contributed by atoms with Gasteiger partial charge in [-0.15, -0.1) is 0 Å². The Kier molecular flexibility index (Phi) is 5.09. The molecule has 0 bridgehead atoms. The third kappa shape index (κ3) is 3.87. The highest BCUT2D eigenvalue weighted by atomic mass is 16.5. The van der Waals surface area contributed by atoms with E-state index in [-0.39, 0.29) is 24.1 Å². The summed E-state index contributed by atoms with van der Waals surface area (Å²) in [6, 6.07) is 6.01. The van der Waals surface area contributed by atoms with Gasteiger partial charge in [-0.25, -0.2) is 9.36 Å². The standard InChI is InChI=1S/C23H27N5O3/c1-14-5-8-17(10-15(14)2)28-22-19(12-25-28)21(16-6-7-16)26-27(23(22)30)13-20(29)24-11-18-4-3-9-31-18/h5,8,10,12,16,18H,3-4,6-7,9,11,13H2,1-2H3,(H,24,29). The molecule has 3 aromatic rings. The Hall–Kier alpha value is -3.00. The zero-order valence-corrected chi connectivity index (χ0v) is 17.9. The molecule has 1 aromatic carbocycles. The van der Waals surface area contributed by atoms with Crippen LogP contribution in [0.15, 0.2) is 29.2 Å². The predicted octanol–water partition coefficient (Wildman–Crippen LogP) is 2.37. The number of hydrogen-bond donors (Lipinski definition) is 1. The third-order valence-corrected chi connectivity index (χ3v) is 6.25. The van der Waals surface area contributed by atoms with Gasteiger partial charge in [0.25, 0.3) is 5.56 Å². The lowest BCUT2D eigenvalue weighted by atomic mass is 10.1. The van der Waals surface area contributed by atoms with Crippen LogP contribution in [-0.2, 0) is 16.1 Å². The van der Waals surface area contributed by atoms with E-state index in [1.165, 1.54) is 10.2 Å². The normalized spacial score (nSPS) is 18.6. The molecule has 162 valence electrons. The molecule has 8 heteroatoms. The fraction of sp³-hybridized carbons (Fsp3) is 0.478. The first-order valence-corrected chi connectivity index (χ1v) is 11.0. The van der Waals surface area contributed by atoms with Crippen molar-refractivity contribution >= 4 is 16.8 Å². The lowest BCUT2D eigenvalue weighted by Gasteiger charge is -2.13. The van der Waals surface area contributed by atoms with Crippen LogP contribution in [0.1, 0.15) is 48.4 Å². The van der Waals surface area contributed by atoms with E-state index in [1.54, 1.807) is 10.9 Å². The number of carbonyl (C=O) groups excluding carboxylic acids is 1. The summed E-state index contributed by atoms with van der Waals surface area (Å²) in [5.41, 5.74) is 4.18. The fourth-order valence-electron chi connectivity index (χ4n) is 4.14. The number of fused-ring (bicyclic) bond motifs is 1. The average Bonchev–Trinajstić information content (AvgIpc) is 3.28. The van der Waals surface area contributed by atoms with Crippen LogP contribution in [0.4, 0.5) is 0 Å². The molecule has 2 aromatic heterocycles. The topological polar surface area (TPSA) is 91.0 Å². The third-order valence-electron chi connectivity index (χ3n) is 6.25. The Bertz CT molecular complexity index is 1200. The predicted molar refractivity (Wildman–Crippen MR) is 117 cm³/mol. The first-order valence-electron chi connectivity index (χ1n) is 11.0. The molecule has 1 N–H and O–H groups in total. The lowest BCUT2D eigenvalue weighted by Crippen LogP contribution is -2.38. The summed E-state index contributed by atoms with van der Waals surface area (Å²) in [5, 5.41) is 12.8. The largest absolute Gasteiger partial charge is 0.376 e. The van der Waals surface area contributed by atoms with Crippen LogP contribution in [0.2, 0.25) is 0 Å². The summed E-state index contributed by atoms with van der Waals surface area (Å²) in [6.45, 7) is 5.19. The van der Waals surface area contributed by atoms with Gasteiger partial charge in [0.2, 0.25) is 5.91 Å². The maximum atomic E-state index is 13.4. The van der Waals surface area contributed by atoms with Gasteiger partial charge in [0.05, 0.1) is 23.7 Å². The van der Waals surface area contributed by atoms with Gasteiger partial charge in [-0.3, -0.25) is 9.59 Å². The molecule has 31 heavy (non-hydrogen) atoms. The number of nitrogens with one attached hydrogen (secondary N) is 1. The molecule has 5 rings (SSSR count). The zero-order chi connectivity index (χ0) is 21.5. The summed E-state index contributed by atoms with van der Waals surface area (Å²) in [7, 11) is 0. The molecule has 1 unspecified atom stereocenters. The van der Waals surface area contributed by atoms with Crippen molar-refractivity contribution in [2.45, 2.75) is 58.1 Å². The number of rotatable bonds is 6. The number of aryl methyl sites for hydroxylation is 2. The Morgan fingerprint density at radius 2 is 2.06 bits per heavy atom. The number of aromatic nitrogens is 4. The second kappa shape index (κ2) is 7.92. The fourth-order valence-corrected chi connectivity index (χ4v) is 4.14. The molecule has 1 amide bonds. The van der Waals surface area contributed by atoms with Crippen molar-refractivity contribution in [3.05, 3.63) is 51.6 Å². The maximum Gasteiger partial charge on any atom is 0.293 e. The van der Waals surface area contributed by atoms with Gasteiger partial charge in [0.1, 0.15) is 12.1 Å². The van der Waals surface area contributed by atoms with Crippen LogP contribution in [0.5, 0.6) is 0 Å². The minimum Gasteiger partial charge on any atom is -0.376 e. The van der Waals surface area contributed by atoms with Crippen molar-refractivity contribution in [3.8, 4) is 5.69 Å². The van der Waals surface area contributed by atoms with Gasteiger partial charge in [0.15, 0.2) is 0 Å². The first kappa shape index (κ1) is 19.9. The molecule has 1 aliphatic heterocycles. The van der Waals surface area contributed by atoms with E-state index >= 15 is 0 Å². The van der Waals surface area contributed by atoms with Crippen LogP contribution in [0.3, 0.4) is 0 Å². The Balaban J connectivity index is 1.51. The summed E-state index contributed by atoms with van der Waals surface area (Å²) in [4.78, 5) is 25.9. The maximum absolute atomic E-state index is 13.4.